The molecule has 144 valence electrons. The molecule has 0 bridgehead atoms. The third kappa shape index (κ3) is 2.95. The summed E-state index contributed by atoms with van der Waals surface area (Å²) in [5.74, 6) is 0.771. The second-order valence-electron chi connectivity index (χ2n) is 7.59. The van der Waals surface area contributed by atoms with Crippen molar-refractivity contribution in [2.24, 2.45) is 11.8 Å². The molecule has 3 heterocycles. The normalized spacial score (nSPS) is 22.0. The van der Waals surface area contributed by atoms with E-state index in [1.54, 1.807) is 6.07 Å². The first-order valence-electron chi connectivity index (χ1n) is 9.37. The van der Waals surface area contributed by atoms with Crippen molar-refractivity contribution in [3.05, 3.63) is 60.5 Å². The number of nitrogens with zero attached hydrogens (tertiary/aromatic N) is 2. The van der Waals surface area contributed by atoms with Gasteiger partial charge >= 0.3 is 0 Å². The van der Waals surface area contributed by atoms with Crippen LogP contribution in [0.3, 0.4) is 0 Å². The Morgan fingerprint density at radius 2 is 1.79 bits per heavy atom. The van der Waals surface area contributed by atoms with Crippen molar-refractivity contribution in [2.45, 2.75) is 9.79 Å². The van der Waals surface area contributed by atoms with Gasteiger partial charge in [-0.05, 0) is 54.3 Å². The second kappa shape index (κ2) is 6.53. The van der Waals surface area contributed by atoms with Crippen molar-refractivity contribution in [1.82, 2.24) is 10.3 Å². The van der Waals surface area contributed by atoms with E-state index in [-0.39, 0.29) is 9.79 Å². The number of anilines is 1. The highest BCUT2D eigenvalue weighted by Crippen LogP contribution is 2.32. The minimum absolute atomic E-state index is 0.0651. The molecule has 0 spiro atoms. The SMILES string of the molecule is O=S(=O)(c1cccc(F)c1)c1cnc2ccc(N3C[C@H]4CNC[C@H]4C3)cc2c1. The Morgan fingerprint density at radius 1 is 1.00 bits per heavy atom. The van der Waals surface area contributed by atoms with E-state index in [9.17, 15) is 12.8 Å². The zero-order valence-electron chi connectivity index (χ0n) is 15.2. The molecule has 0 radical (unpaired) electrons. The number of aromatic nitrogens is 1. The van der Waals surface area contributed by atoms with Gasteiger partial charge in [0, 0.05) is 43.4 Å². The Bertz CT molecular complexity index is 1150. The molecular weight excluding hydrogens is 377 g/mol. The highest BCUT2D eigenvalue weighted by Gasteiger charge is 2.36. The summed E-state index contributed by atoms with van der Waals surface area (Å²) in [7, 11) is -3.82. The van der Waals surface area contributed by atoms with Gasteiger partial charge in [-0.2, -0.15) is 0 Å². The minimum atomic E-state index is -3.82. The second-order valence-corrected chi connectivity index (χ2v) is 9.54. The maximum Gasteiger partial charge on any atom is 0.208 e. The van der Waals surface area contributed by atoms with Crippen molar-refractivity contribution >= 4 is 26.4 Å². The van der Waals surface area contributed by atoms with E-state index in [1.807, 2.05) is 18.2 Å². The minimum Gasteiger partial charge on any atom is -0.371 e. The molecule has 5 nitrogen and oxygen atoms in total. The molecule has 2 aromatic carbocycles. The summed E-state index contributed by atoms with van der Waals surface area (Å²) in [5, 5.41) is 4.21. The molecule has 7 heteroatoms. The van der Waals surface area contributed by atoms with Crippen LogP contribution in [0.4, 0.5) is 10.1 Å². The van der Waals surface area contributed by atoms with Crippen molar-refractivity contribution in [1.29, 1.82) is 0 Å². The molecular formula is C21H20FN3O2S. The van der Waals surface area contributed by atoms with E-state index in [2.05, 4.69) is 15.2 Å². The largest absolute Gasteiger partial charge is 0.371 e. The molecule has 0 amide bonds. The number of sulfone groups is 1. The number of rotatable bonds is 3. The van der Waals surface area contributed by atoms with Crippen molar-refractivity contribution in [3.8, 4) is 0 Å². The zero-order valence-corrected chi connectivity index (χ0v) is 16.0. The van der Waals surface area contributed by atoms with Crippen LogP contribution in [0.1, 0.15) is 0 Å². The molecule has 0 aliphatic carbocycles. The fourth-order valence-electron chi connectivity index (χ4n) is 4.28. The number of hydrogen-bond donors (Lipinski definition) is 1. The van der Waals surface area contributed by atoms with Gasteiger partial charge in [-0.25, -0.2) is 12.8 Å². The third-order valence-electron chi connectivity index (χ3n) is 5.81. The van der Waals surface area contributed by atoms with E-state index in [4.69, 9.17) is 0 Å². The third-order valence-corrected chi connectivity index (χ3v) is 7.53. The fraction of sp³-hybridized carbons (Fsp3) is 0.286. The standard InChI is InChI=1S/C21H20FN3O2S/c22-17-2-1-3-19(8-17)28(26,27)20-7-14-6-18(4-5-21(14)24-11-20)25-12-15-9-23-10-16(15)13-25/h1-8,11,15-16,23H,9-10,12-13H2/t15-,16+. The lowest BCUT2D eigenvalue weighted by Crippen LogP contribution is -2.25. The smallest absolute Gasteiger partial charge is 0.208 e. The zero-order chi connectivity index (χ0) is 19.3. The van der Waals surface area contributed by atoms with E-state index in [1.165, 1.54) is 24.4 Å². The molecule has 1 aromatic heterocycles. The molecule has 28 heavy (non-hydrogen) atoms. The summed E-state index contributed by atoms with van der Waals surface area (Å²) in [4.78, 5) is 6.69. The number of halogens is 1. The highest BCUT2D eigenvalue weighted by molar-refractivity contribution is 7.91. The van der Waals surface area contributed by atoms with Crippen LogP contribution in [0, 0.1) is 17.7 Å². The molecule has 2 aliphatic rings. The summed E-state index contributed by atoms with van der Waals surface area (Å²) >= 11 is 0. The summed E-state index contributed by atoms with van der Waals surface area (Å²) in [6, 6.07) is 12.7. The van der Waals surface area contributed by atoms with Gasteiger partial charge in [0.05, 0.1) is 15.3 Å². The van der Waals surface area contributed by atoms with Crippen molar-refractivity contribution in [3.63, 3.8) is 0 Å². The maximum atomic E-state index is 13.5. The quantitative estimate of drug-likeness (QED) is 0.736. The van der Waals surface area contributed by atoms with Crippen LogP contribution in [0.15, 0.2) is 64.5 Å². The molecule has 0 unspecified atom stereocenters. The monoisotopic (exact) mass is 397 g/mol. The lowest BCUT2D eigenvalue weighted by atomic mass is 10.0. The molecule has 0 saturated carbocycles. The number of fused-ring (bicyclic) bond motifs is 2. The fourth-order valence-corrected chi connectivity index (χ4v) is 5.55. The molecule has 2 fully saturated rings. The van der Waals surface area contributed by atoms with Crippen molar-refractivity contribution < 1.29 is 12.8 Å². The Labute approximate surface area is 163 Å². The molecule has 2 atom stereocenters. The Balaban J connectivity index is 1.52. The maximum absolute atomic E-state index is 13.5. The predicted octanol–water partition coefficient (Wildman–Crippen LogP) is 2.86. The van der Waals surface area contributed by atoms with Gasteiger partial charge in [0.2, 0.25) is 9.84 Å². The number of pyridine rings is 1. The van der Waals surface area contributed by atoms with E-state index < -0.39 is 15.7 Å². The predicted molar refractivity (Wildman–Crippen MR) is 106 cm³/mol. The number of benzene rings is 2. The van der Waals surface area contributed by atoms with Crippen LogP contribution in [-0.4, -0.2) is 39.6 Å². The van der Waals surface area contributed by atoms with Gasteiger partial charge in [-0.15, -0.1) is 0 Å². The van der Waals surface area contributed by atoms with E-state index in [0.717, 1.165) is 48.8 Å². The van der Waals surface area contributed by atoms with Crippen LogP contribution < -0.4 is 10.2 Å². The average molecular weight is 397 g/mol. The van der Waals surface area contributed by atoms with Gasteiger partial charge in [0.15, 0.2) is 0 Å². The van der Waals surface area contributed by atoms with Crippen LogP contribution in [-0.2, 0) is 9.84 Å². The molecule has 5 rings (SSSR count). The van der Waals surface area contributed by atoms with Gasteiger partial charge in [-0.1, -0.05) is 6.07 Å². The molecule has 2 saturated heterocycles. The van der Waals surface area contributed by atoms with E-state index >= 15 is 0 Å². The van der Waals surface area contributed by atoms with Crippen LogP contribution in [0.25, 0.3) is 10.9 Å². The van der Waals surface area contributed by atoms with Crippen LogP contribution >= 0.6 is 0 Å². The first-order chi connectivity index (χ1) is 13.5. The van der Waals surface area contributed by atoms with Crippen molar-refractivity contribution in [2.75, 3.05) is 31.1 Å². The Morgan fingerprint density at radius 3 is 2.54 bits per heavy atom. The van der Waals surface area contributed by atoms with Crippen LogP contribution in [0.5, 0.6) is 0 Å². The van der Waals surface area contributed by atoms with Crippen LogP contribution in [0.2, 0.25) is 0 Å². The molecule has 3 aromatic rings. The lowest BCUT2D eigenvalue weighted by Gasteiger charge is -2.20. The lowest BCUT2D eigenvalue weighted by molar-refractivity contribution is 0.533. The first-order valence-corrected chi connectivity index (χ1v) is 10.9. The average Bonchev–Trinajstić information content (AvgIpc) is 3.29. The topological polar surface area (TPSA) is 62.3 Å². The van der Waals surface area contributed by atoms with Gasteiger partial charge < -0.3 is 10.2 Å². The Hall–Kier alpha value is -2.51. The number of hydrogen-bond acceptors (Lipinski definition) is 5. The molecule has 1 N–H and O–H groups in total. The first kappa shape index (κ1) is 17.6. The molecule has 2 aliphatic heterocycles. The van der Waals surface area contributed by atoms with E-state index in [0.29, 0.717) is 11.8 Å². The van der Waals surface area contributed by atoms with Gasteiger partial charge in [0.25, 0.3) is 0 Å². The number of nitrogens with one attached hydrogen (secondary N) is 1. The van der Waals surface area contributed by atoms with Gasteiger partial charge in [0.1, 0.15) is 5.82 Å². The highest BCUT2D eigenvalue weighted by atomic mass is 32.2. The summed E-state index contributed by atoms with van der Waals surface area (Å²) in [6.07, 6.45) is 1.34. The summed E-state index contributed by atoms with van der Waals surface area (Å²) < 4.78 is 39.3. The summed E-state index contributed by atoms with van der Waals surface area (Å²) in [5.41, 5.74) is 1.83. The Kier molecular flexibility index (Phi) is 4.10. The van der Waals surface area contributed by atoms with Gasteiger partial charge in [-0.3, -0.25) is 4.98 Å². The summed E-state index contributed by atoms with van der Waals surface area (Å²) in [6.45, 7) is 4.15.